The Morgan fingerprint density at radius 3 is 2.58 bits per heavy atom. The summed E-state index contributed by atoms with van der Waals surface area (Å²) in [5.41, 5.74) is 3.06. The van der Waals surface area contributed by atoms with E-state index >= 15 is 0 Å². The third-order valence-corrected chi connectivity index (χ3v) is 5.58. The number of aryl methyl sites for hydroxylation is 1. The highest BCUT2D eigenvalue weighted by atomic mass is 79.9. The molecule has 0 saturated heterocycles. The first-order valence-electron chi connectivity index (χ1n) is 9.39. The molecule has 3 aromatic carbocycles. The molecule has 0 spiro atoms. The molecule has 0 radical (unpaired) electrons. The highest BCUT2D eigenvalue weighted by molar-refractivity contribution is 9.10. The topological polar surface area (TPSA) is 69.0 Å². The number of halogens is 2. The number of carbonyl (C=O) groups is 1. The molecule has 4 rings (SSSR count). The zero-order valence-electron chi connectivity index (χ0n) is 16.8. The summed E-state index contributed by atoms with van der Waals surface area (Å²) in [5.74, 6) is 0.783. The Hall–Kier alpha value is -3.16. The molecule has 0 aliphatic carbocycles. The zero-order chi connectivity index (χ0) is 22.0. The molecule has 0 aliphatic heterocycles. The fraction of sp³-hybridized carbons (Fsp3) is 0.0870. The lowest BCUT2D eigenvalue weighted by Crippen LogP contribution is -2.14. The van der Waals surface area contributed by atoms with Gasteiger partial charge in [0.05, 0.1) is 12.8 Å². The number of anilines is 1. The normalized spacial score (nSPS) is 10.7. The second-order valence-corrected chi connectivity index (χ2v) is 8.12. The van der Waals surface area contributed by atoms with Crippen molar-refractivity contribution in [1.29, 1.82) is 0 Å². The van der Waals surface area contributed by atoms with Gasteiger partial charge in [-0.15, -0.1) is 5.10 Å². The first-order chi connectivity index (χ1) is 14.9. The van der Waals surface area contributed by atoms with Gasteiger partial charge in [-0.05, 0) is 48.9 Å². The molecule has 1 N–H and O–H groups in total. The van der Waals surface area contributed by atoms with Crippen LogP contribution in [0.4, 0.5) is 5.69 Å². The van der Waals surface area contributed by atoms with E-state index in [2.05, 4.69) is 31.3 Å². The van der Waals surface area contributed by atoms with E-state index in [4.69, 9.17) is 16.3 Å². The minimum absolute atomic E-state index is 0.0393. The summed E-state index contributed by atoms with van der Waals surface area (Å²) in [4.78, 5) is 17.4. The molecule has 0 fully saturated rings. The van der Waals surface area contributed by atoms with Crippen LogP contribution in [0.1, 0.15) is 16.2 Å². The molecule has 8 heteroatoms. The number of benzene rings is 3. The van der Waals surface area contributed by atoms with E-state index in [1.807, 2.05) is 43.3 Å². The van der Waals surface area contributed by atoms with E-state index in [1.54, 1.807) is 42.1 Å². The second kappa shape index (κ2) is 8.91. The van der Waals surface area contributed by atoms with Crippen LogP contribution in [0.25, 0.3) is 17.1 Å². The van der Waals surface area contributed by atoms with Crippen molar-refractivity contribution in [2.75, 3.05) is 12.4 Å². The average molecular weight is 498 g/mol. The van der Waals surface area contributed by atoms with Gasteiger partial charge in [-0.1, -0.05) is 51.8 Å². The first kappa shape index (κ1) is 21.1. The Balaban J connectivity index is 1.75. The summed E-state index contributed by atoms with van der Waals surface area (Å²) in [6.45, 7) is 1.93. The van der Waals surface area contributed by atoms with Crippen LogP contribution in [0, 0.1) is 6.92 Å². The van der Waals surface area contributed by atoms with Crippen LogP contribution in [0.2, 0.25) is 5.02 Å². The second-order valence-electron chi connectivity index (χ2n) is 6.80. The predicted octanol–water partition coefficient (Wildman–Crippen LogP) is 5.92. The number of amides is 1. The third-order valence-electron chi connectivity index (χ3n) is 4.64. The standard InChI is InChI=1S/C23H18BrClN4O2/c1-14-6-11-18(13-20(14)25)29-22(15-7-9-16(24)10-8-15)27-21(28-29)23(30)26-17-4-3-5-19(12-17)31-2/h3-13H,1-2H3,(H,26,30). The molecule has 0 aliphatic rings. The van der Waals surface area contributed by atoms with E-state index in [-0.39, 0.29) is 5.82 Å². The number of rotatable bonds is 5. The van der Waals surface area contributed by atoms with Crippen molar-refractivity contribution in [3.63, 3.8) is 0 Å². The van der Waals surface area contributed by atoms with E-state index in [9.17, 15) is 4.79 Å². The van der Waals surface area contributed by atoms with Gasteiger partial charge in [0.1, 0.15) is 5.75 Å². The summed E-state index contributed by atoms with van der Waals surface area (Å²) < 4.78 is 7.77. The maximum atomic E-state index is 12.9. The Labute approximate surface area is 193 Å². The number of hydrogen-bond donors (Lipinski definition) is 1. The maximum absolute atomic E-state index is 12.9. The Morgan fingerprint density at radius 1 is 1.10 bits per heavy atom. The van der Waals surface area contributed by atoms with Gasteiger partial charge in [0.2, 0.25) is 5.82 Å². The predicted molar refractivity (Wildman–Crippen MR) is 125 cm³/mol. The lowest BCUT2D eigenvalue weighted by Gasteiger charge is -2.08. The number of ether oxygens (including phenoxy) is 1. The number of nitrogens with zero attached hydrogens (tertiary/aromatic N) is 3. The van der Waals surface area contributed by atoms with Gasteiger partial charge in [0, 0.05) is 26.8 Å². The van der Waals surface area contributed by atoms with E-state index in [0.717, 1.165) is 15.6 Å². The average Bonchev–Trinajstić information content (AvgIpc) is 3.22. The number of aromatic nitrogens is 3. The molecule has 1 aromatic heterocycles. The molecule has 1 amide bonds. The van der Waals surface area contributed by atoms with Crippen LogP contribution in [-0.4, -0.2) is 27.8 Å². The quantitative estimate of drug-likeness (QED) is 0.372. The van der Waals surface area contributed by atoms with E-state index in [1.165, 1.54) is 0 Å². The largest absolute Gasteiger partial charge is 0.497 e. The monoisotopic (exact) mass is 496 g/mol. The molecule has 4 aromatic rings. The first-order valence-corrected chi connectivity index (χ1v) is 10.6. The van der Waals surface area contributed by atoms with Crippen molar-refractivity contribution in [2.24, 2.45) is 0 Å². The summed E-state index contributed by atoms with van der Waals surface area (Å²) in [6.07, 6.45) is 0. The van der Waals surface area contributed by atoms with E-state index < -0.39 is 5.91 Å². The highest BCUT2D eigenvalue weighted by Crippen LogP contribution is 2.26. The van der Waals surface area contributed by atoms with Crippen molar-refractivity contribution in [3.05, 3.63) is 87.6 Å². The molecule has 0 atom stereocenters. The Morgan fingerprint density at radius 2 is 1.87 bits per heavy atom. The maximum Gasteiger partial charge on any atom is 0.295 e. The van der Waals surface area contributed by atoms with E-state index in [0.29, 0.717) is 28.0 Å². The molecule has 6 nitrogen and oxygen atoms in total. The molecular weight excluding hydrogens is 480 g/mol. The minimum atomic E-state index is -0.427. The highest BCUT2D eigenvalue weighted by Gasteiger charge is 2.19. The van der Waals surface area contributed by atoms with Crippen molar-refractivity contribution < 1.29 is 9.53 Å². The zero-order valence-corrected chi connectivity index (χ0v) is 19.1. The van der Waals surface area contributed by atoms with Gasteiger partial charge in [-0.3, -0.25) is 4.79 Å². The number of methoxy groups -OCH3 is 1. The van der Waals surface area contributed by atoms with Crippen LogP contribution in [0.15, 0.2) is 71.2 Å². The summed E-state index contributed by atoms with van der Waals surface area (Å²) in [7, 11) is 1.57. The van der Waals surface area contributed by atoms with Crippen molar-refractivity contribution in [3.8, 4) is 22.8 Å². The van der Waals surface area contributed by atoms with Gasteiger partial charge < -0.3 is 10.1 Å². The molecule has 0 bridgehead atoms. The summed E-state index contributed by atoms with van der Waals surface area (Å²) in [6, 6.07) is 20.3. The lowest BCUT2D eigenvalue weighted by molar-refractivity contribution is 0.101. The molecule has 0 unspecified atom stereocenters. The van der Waals surface area contributed by atoms with Crippen LogP contribution in [0.3, 0.4) is 0 Å². The number of nitrogens with one attached hydrogen (secondary N) is 1. The minimum Gasteiger partial charge on any atom is -0.497 e. The van der Waals surface area contributed by atoms with Gasteiger partial charge in [-0.25, -0.2) is 9.67 Å². The smallest absolute Gasteiger partial charge is 0.295 e. The van der Waals surface area contributed by atoms with Crippen molar-refractivity contribution >= 4 is 39.1 Å². The van der Waals surface area contributed by atoms with Crippen molar-refractivity contribution in [2.45, 2.75) is 6.92 Å². The number of hydrogen-bond acceptors (Lipinski definition) is 4. The third kappa shape index (κ3) is 4.62. The van der Waals surface area contributed by atoms with Gasteiger partial charge in [0.15, 0.2) is 5.82 Å². The van der Waals surface area contributed by atoms with Gasteiger partial charge in [-0.2, -0.15) is 0 Å². The number of carbonyl (C=O) groups excluding carboxylic acids is 1. The Bertz CT molecular complexity index is 1250. The molecule has 0 saturated carbocycles. The van der Waals surface area contributed by atoms with Crippen LogP contribution < -0.4 is 10.1 Å². The molecule has 31 heavy (non-hydrogen) atoms. The SMILES string of the molecule is COc1cccc(NC(=O)c2nc(-c3ccc(Br)cc3)n(-c3ccc(C)c(Cl)c3)n2)c1. The van der Waals surface area contributed by atoms with Gasteiger partial charge >= 0.3 is 0 Å². The fourth-order valence-electron chi connectivity index (χ4n) is 2.98. The summed E-state index contributed by atoms with van der Waals surface area (Å²) in [5, 5.41) is 7.90. The van der Waals surface area contributed by atoms with Crippen molar-refractivity contribution in [1.82, 2.24) is 14.8 Å². The Kier molecular flexibility index (Phi) is 6.06. The molecule has 156 valence electrons. The van der Waals surface area contributed by atoms with Crippen LogP contribution >= 0.6 is 27.5 Å². The molecular formula is C23H18BrClN4O2. The summed E-state index contributed by atoms with van der Waals surface area (Å²) >= 11 is 9.77. The molecule has 1 heterocycles. The fourth-order valence-corrected chi connectivity index (χ4v) is 3.41. The lowest BCUT2D eigenvalue weighted by atomic mass is 10.2. The van der Waals surface area contributed by atoms with Crippen LogP contribution in [0.5, 0.6) is 5.75 Å². The van der Waals surface area contributed by atoms with Gasteiger partial charge in [0.25, 0.3) is 5.91 Å². The van der Waals surface area contributed by atoms with Crippen LogP contribution in [-0.2, 0) is 0 Å².